The molecule has 0 aromatic rings. The molecule has 1 fully saturated rings. The molecule has 0 bridgehead atoms. The van der Waals surface area contributed by atoms with E-state index >= 15 is 0 Å². The van der Waals surface area contributed by atoms with Gasteiger partial charge in [-0.15, -0.1) is 0 Å². The van der Waals surface area contributed by atoms with Gasteiger partial charge in [0.15, 0.2) is 0 Å². The summed E-state index contributed by atoms with van der Waals surface area (Å²) >= 11 is 0. The molecule has 0 aromatic carbocycles. The Balaban J connectivity index is 2.25. The first-order chi connectivity index (χ1) is 7.05. The van der Waals surface area contributed by atoms with Crippen molar-refractivity contribution in [3.05, 3.63) is 0 Å². The van der Waals surface area contributed by atoms with Crippen molar-refractivity contribution < 1.29 is 4.74 Å². The normalized spacial score (nSPS) is 30.4. The maximum atomic E-state index is 6.17. The zero-order valence-electron chi connectivity index (χ0n) is 10.6. The van der Waals surface area contributed by atoms with Crippen LogP contribution >= 0.6 is 0 Å². The Kier molecular flexibility index (Phi) is 5.07. The fraction of sp³-hybridized carbons (Fsp3) is 1.00. The number of nitrogens with two attached hydrogens (primary N) is 1. The Morgan fingerprint density at radius 3 is 2.80 bits per heavy atom. The summed E-state index contributed by atoms with van der Waals surface area (Å²) in [6.45, 7) is 8.53. The zero-order valence-corrected chi connectivity index (χ0v) is 10.6. The van der Waals surface area contributed by atoms with Gasteiger partial charge in [0.25, 0.3) is 0 Å². The van der Waals surface area contributed by atoms with Crippen molar-refractivity contribution in [2.45, 2.75) is 58.9 Å². The molecule has 2 heteroatoms. The second-order valence-corrected chi connectivity index (χ2v) is 5.67. The van der Waals surface area contributed by atoms with Crippen molar-refractivity contribution in [1.82, 2.24) is 0 Å². The van der Waals surface area contributed by atoms with Gasteiger partial charge in [-0.1, -0.05) is 13.8 Å². The van der Waals surface area contributed by atoms with Crippen LogP contribution in [0.4, 0.5) is 0 Å². The van der Waals surface area contributed by atoms with Crippen LogP contribution in [0.3, 0.4) is 0 Å². The van der Waals surface area contributed by atoms with Gasteiger partial charge in [0.1, 0.15) is 0 Å². The Morgan fingerprint density at radius 2 is 2.13 bits per heavy atom. The molecule has 2 N–H and O–H groups in total. The maximum absolute atomic E-state index is 6.17. The van der Waals surface area contributed by atoms with E-state index in [0.29, 0.717) is 17.4 Å². The molecule has 2 nitrogen and oxygen atoms in total. The van der Waals surface area contributed by atoms with Crippen LogP contribution in [0.5, 0.6) is 0 Å². The summed E-state index contributed by atoms with van der Waals surface area (Å²) in [7, 11) is 0. The van der Waals surface area contributed by atoms with Crippen molar-refractivity contribution >= 4 is 0 Å². The largest absolute Gasteiger partial charge is 0.382 e. The molecule has 1 saturated carbocycles. The number of hydrogen-bond acceptors (Lipinski definition) is 2. The summed E-state index contributed by atoms with van der Waals surface area (Å²) in [5.74, 6) is 0.717. The Bertz CT molecular complexity index is 179. The van der Waals surface area contributed by atoms with Crippen molar-refractivity contribution in [2.75, 3.05) is 13.2 Å². The van der Waals surface area contributed by atoms with E-state index in [2.05, 4.69) is 20.8 Å². The van der Waals surface area contributed by atoms with Gasteiger partial charge in [0.2, 0.25) is 0 Å². The van der Waals surface area contributed by atoms with Crippen LogP contribution in [0.1, 0.15) is 52.9 Å². The third-order valence-electron chi connectivity index (χ3n) is 3.64. The standard InChI is InChI=1S/C13H27NO/c1-4-15-9-5-6-11-10-13(2,3)8-7-12(11)14/h11-12H,4-10,14H2,1-3H3. The van der Waals surface area contributed by atoms with Gasteiger partial charge >= 0.3 is 0 Å². The van der Waals surface area contributed by atoms with E-state index in [1.165, 1.54) is 32.1 Å². The summed E-state index contributed by atoms with van der Waals surface area (Å²) in [4.78, 5) is 0. The minimum Gasteiger partial charge on any atom is -0.382 e. The van der Waals surface area contributed by atoms with E-state index in [1.54, 1.807) is 0 Å². The van der Waals surface area contributed by atoms with Crippen LogP contribution in [-0.2, 0) is 4.74 Å². The number of rotatable bonds is 5. The zero-order chi connectivity index (χ0) is 11.3. The molecule has 0 saturated heterocycles. The van der Waals surface area contributed by atoms with Gasteiger partial charge in [-0.25, -0.2) is 0 Å². The summed E-state index contributed by atoms with van der Waals surface area (Å²) < 4.78 is 5.37. The molecular weight excluding hydrogens is 186 g/mol. The highest BCUT2D eigenvalue weighted by atomic mass is 16.5. The molecule has 1 rings (SSSR count). The van der Waals surface area contributed by atoms with E-state index in [-0.39, 0.29) is 0 Å². The van der Waals surface area contributed by atoms with E-state index in [9.17, 15) is 0 Å². The fourth-order valence-electron chi connectivity index (χ4n) is 2.66. The predicted octanol–water partition coefficient (Wildman–Crippen LogP) is 2.96. The van der Waals surface area contributed by atoms with Crippen LogP contribution in [0.25, 0.3) is 0 Å². The van der Waals surface area contributed by atoms with Gasteiger partial charge in [0.05, 0.1) is 0 Å². The van der Waals surface area contributed by atoms with Crippen molar-refractivity contribution in [3.63, 3.8) is 0 Å². The Morgan fingerprint density at radius 1 is 1.40 bits per heavy atom. The van der Waals surface area contributed by atoms with Crippen LogP contribution in [0.2, 0.25) is 0 Å². The van der Waals surface area contributed by atoms with E-state index in [4.69, 9.17) is 10.5 Å². The highest BCUT2D eigenvalue weighted by Gasteiger charge is 2.32. The van der Waals surface area contributed by atoms with Gasteiger partial charge in [-0.2, -0.15) is 0 Å². The molecule has 1 aliphatic rings. The van der Waals surface area contributed by atoms with Crippen LogP contribution in [0, 0.1) is 11.3 Å². The molecule has 15 heavy (non-hydrogen) atoms. The van der Waals surface area contributed by atoms with Crippen molar-refractivity contribution in [1.29, 1.82) is 0 Å². The minimum absolute atomic E-state index is 0.430. The molecule has 2 atom stereocenters. The van der Waals surface area contributed by atoms with Gasteiger partial charge in [0, 0.05) is 19.3 Å². The van der Waals surface area contributed by atoms with Crippen molar-refractivity contribution in [3.8, 4) is 0 Å². The lowest BCUT2D eigenvalue weighted by Crippen LogP contribution is -2.39. The average Bonchev–Trinajstić information content (AvgIpc) is 2.18. The molecule has 0 aliphatic heterocycles. The topological polar surface area (TPSA) is 35.2 Å². The van der Waals surface area contributed by atoms with Crippen LogP contribution in [-0.4, -0.2) is 19.3 Å². The molecule has 2 unspecified atom stereocenters. The first kappa shape index (κ1) is 13.0. The highest BCUT2D eigenvalue weighted by Crippen LogP contribution is 2.39. The van der Waals surface area contributed by atoms with Crippen LogP contribution in [0.15, 0.2) is 0 Å². The molecule has 90 valence electrons. The van der Waals surface area contributed by atoms with Crippen molar-refractivity contribution in [2.24, 2.45) is 17.1 Å². The van der Waals surface area contributed by atoms with E-state index in [0.717, 1.165) is 13.2 Å². The smallest absolute Gasteiger partial charge is 0.0466 e. The molecule has 0 amide bonds. The van der Waals surface area contributed by atoms with Gasteiger partial charge in [-0.05, 0) is 50.4 Å². The predicted molar refractivity (Wildman–Crippen MR) is 64.8 cm³/mol. The fourth-order valence-corrected chi connectivity index (χ4v) is 2.66. The van der Waals surface area contributed by atoms with Gasteiger partial charge < -0.3 is 10.5 Å². The third-order valence-corrected chi connectivity index (χ3v) is 3.64. The summed E-state index contributed by atoms with van der Waals surface area (Å²) in [5, 5.41) is 0. The Labute approximate surface area is 94.6 Å². The SMILES string of the molecule is CCOCCCC1CC(C)(C)CCC1N. The molecule has 0 heterocycles. The lowest BCUT2D eigenvalue weighted by atomic mass is 9.69. The number of ether oxygens (including phenoxy) is 1. The molecule has 0 spiro atoms. The number of hydrogen-bond donors (Lipinski definition) is 1. The first-order valence-electron chi connectivity index (χ1n) is 6.38. The first-order valence-corrected chi connectivity index (χ1v) is 6.38. The molecule has 1 aliphatic carbocycles. The average molecular weight is 213 g/mol. The summed E-state index contributed by atoms with van der Waals surface area (Å²) in [5.41, 5.74) is 6.68. The minimum atomic E-state index is 0.430. The lowest BCUT2D eigenvalue weighted by Gasteiger charge is -2.39. The second-order valence-electron chi connectivity index (χ2n) is 5.67. The van der Waals surface area contributed by atoms with E-state index in [1.807, 2.05) is 0 Å². The third kappa shape index (κ3) is 4.52. The quantitative estimate of drug-likeness (QED) is 0.713. The summed E-state index contributed by atoms with van der Waals surface area (Å²) in [6.07, 6.45) is 6.19. The lowest BCUT2D eigenvalue weighted by molar-refractivity contribution is 0.115. The Hall–Kier alpha value is -0.0800. The molecule has 0 aromatic heterocycles. The molecular formula is C13H27NO. The second kappa shape index (κ2) is 5.86. The highest BCUT2D eigenvalue weighted by molar-refractivity contribution is 4.86. The maximum Gasteiger partial charge on any atom is 0.0466 e. The molecule has 0 radical (unpaired) electrons. The van der Waals surface area contributed by atoms with Crippen LogP contribution < -0.4 is 5.73 Å². The van der Waals surface area contributed by atoms with E-state index < -0.39 is 0 Å². The van der Waals surface area contributed by atoms with Gasteiger partial charge in [-0.3, -0.25) is 0 Å². The monoisotopic (exact) mass is 213 g/mol. The summed E-state index contributed by atoms with van der Waals surface area (Å²) in [6, 6.07) is 0.430.